The van der Waals surface area contributed by atoms with Crippen molar-refractivity contribution in [3.63, 3.8) is 0 Å². The molecular formula is C17H15N3O. The molecule has 1 atom stereocenters. The van der Waals surface area contributed by atoms with Gasteiger partial charge in [0.25, 0.3) is 0 Å². The zero-order valence-corrected chi connectivity index (χ0v) is 11.4. The van der Waals surface area contributed by atoms with Crippen molar-refractivity contribution in [2.24, 2.45) is 5.73 Å². The number of benzene rings is 2. The number of anilines is 1. The molecule has 1 amide bonds. The van der Waals surface area contributed by atoms with Gasteiger partial charge < -0.3 is 11.1 Å². The molecule has 0 fully saturated rings. The maximum absolute atomic E-state index is 12.3. The molecule has 3 rings (SSSR count). The van der Waals surface area contributed by atoms with E-state index in [9.17, 15) is 4.79 Å². The molecule has 4 heteroatoms. The van der Waals surface area contributed by atoms with E-state index in [0.29, 0.717) is 0 Å². The summed E-state index contributed by atoms with van der Waals surface area (Å²) in [5.41, 5.74) is 7.51. The van der Waals surface area contributed by atoms with Gasteiger partial charge in [-0.05, 0) is 23.1 Å². The van der Waals surface area contributed by atoms with Crippen molar-refractivity contribution in [1.29, 1.82) is 0 Å². The first-order valence-electron chi connectivity index (χ1n) is 6.70. The number of nitrogens with zero attached hydrogens (tertiary/aromatic N) is 1. The van der Waals surface area contributed by atoms with E-state index >= 15 is 0 Å². The van der Waals surface area contributed by atoms with Gasteiger partial charge in [-0.25, -0.2) is 0 Å². The summed E-state index contributed by atoms with van der Waals surface area (Å²) in [5.74, 6) is -0.238. The van der Waals surface area contributed by atoms with Crippen LogP contribution in [0.1, 0.15) is 11.6 Å². The van der Waals surface area contributed by atoms with Gasteiger partial charge in [0, 0.05) is 17.8 Å². The van der Waals surface area contributed by atoms with E-state index in [1.807, 2.05) is 54.6 Å². The minimum atomic E-state index is -0.696. The molecule has 0 bridgehead atoms. The van der Waals surface area contributed by atoms with Crippen LogP contribution in [0.15, 0.2) is 67.0 Å². The molecule has 21 heavy (non-hydrogen) atoms. The Hall–Kier alpha value is -2.72. The standard InChI is InChI=1S/C17H15N3O/c18-16(13-5-2-1-3-6-13)17(21)20-15-8-4-7-12-9-10-19-11-14(12)15/h1-11,16H,18H2,(H,20,21)/t16-/m0/s1. The van der Waals surface area contributed by atoms with Gasteiger partial charge in [0.05, 0.1) is 5.69 Å². The van der Waals surface area contributed by atoms with Gasteiger partial charge in [0.1, 0.15) is 6.04 Å². The van der Waals surface area contributed by atoms with Crippen LogP contribution in [0.2, 0.25) is 0 Å². The van der Waals surface area contributed by atoms with E-state index < -0.39 is 6.04 Å². The third-order valence-electron chi connectivity index (χ3n) is 3.38. The molecule has 1 aromatic heterocycles. The number of nitrogens with one attached hydrogen (secondary N) is 1. The summed E-state index contributed by atoms with van der Waals surface area (Å²) in [5, 5.41) is 4.80. The van der Waals surface area contributed by atoms with Crippen LogP contribution in [-0.4, -0.2) is 10.9 Å². The predicted octanol–water partition coefficient (Wildman–Crippen LogP) is 2.87. The van der Waals surface area contributed by atoms with Crippen LogP contribution in [0.25, 0.3) is 10.8 Å². The third-order valence-corrected chi connectivity index (χ3v) is 3.38. The summed E-state index contributed by atoms with van der Waals surface area (Å²) in [4.78, 5) is 16.4. The maximum atomic E-state index is 12.3. The summed E-state index contributed by atoms with van der Waals surface area (Å²) in [7, 11) is 0. The first-order valence-corrected chi connectivity index (χ1v) is 6.70. The molecule has 4 nitrogen and oxygen atoms in total. The van der Waals surface area contributed by atoms with E-state index in [0.717, 1.165) is 22.0 Å². The zero-order chi connectivity index (χ0) is 14.7. The monoisotopic (exact) mass is 277 g/mol. The molecule has 0 unspecified atom stereocenters. The van der Waals surface area contributed by atoms with Crippen molar-refractivity contribution in [2.75, 3.05) is 5.32 Å². The molecule has 3 N–H and O–H groups in total. The summed E-state index contributed by atoms with van der Waals surface area (Å²) in [6, 6.07) is 16.2. The van der Waals surface area contributed by atoms with Crippen LogP contribution in [0.3, 0.4) is 0 Å². The number of fused-ring (bicyclic) bond motifs is 1. The van der Waals surface area contributed by atoms with Gasteiger partial charge in [0.2, 0.25) is 5.91 Å². The minimum Gasteiger partial charge on any atom is -0.324 e. The lowest BCUT2D eigenvalue weighted by atomic mass is 10.1. The lowest BCUT2D eigenvalue weighted by Gasteiger charge is -2.13. The molecule has 104 valence electrons. The van der Waals surface area contributed by atoms with Crippen molar-refractivity contribution >= 4 is 22.4 Å². The van der Waals surface area contributed by atoms with Crippen LogP contribution in [-0.2, 0) is 4.79 Å². The van der Waals surface area contributed by atoms with Gasteiger partial charge in [-0.3, -0.25) is 9.78 Å². The number of rotatable bonds is 3. The normalized spacial score (nSPS) is 12.0. The average molecular weight is 277 g/mol. The second kappa shape index (κ2) is 5.73. The molecule has 0 spiro atoms. The first-order chi connectivity index (χ1) is 10.3. The van der Waals surface area contributed by atoms with Crippen molar-refractivity contribution in [2.45, 2.75) is 6.04 Å². The fourth-order valence-corrected chi connectivity index (χ4v) is 2.24. The molecule has 0 radical (unpaired) electrons. The Morgan fingerprint density at radius 1 is 1.05 bits per heavy atom. The fourth-order valence-electron chi connectivity index (χ4n) is 2.24. The van der Waals surface area contributed by atoms with Gasteiger partial charge >= 0.3 is 0 Å². The second-order valence-electron chi connectivity index (χ2n) is 4.78. The highest BCUT2D eigenvalue weighted by Crippen LogP contribution is 2.23. The smallest absolute Gasteiger partial charge is 0.245 e. The Balaban J connectivity index is 1.87. The topological polar surface area (TPSA) is 68.0 Å². The summed E-state index contributed by atoms with van der Waals surface area (Å²) in [6.07, 6.45) is 3.46. The fraction of sp³-hybridized carbons (Fsp3) is 0.0588. The Kier molecular flexibility index (Phi) is 3.62. The van der Waals surface area contributed by atoms with Crippen LogP contribution in [0.4, 0.5) is 5.69 Å². The van der Waals surface area contributed by atoms with Gasteiger partial charge in [-0.2, -0.15) is 0 Å². The highest BCUT2D eigenvalue weighted by molar-refractivity contribution is 6.03. The van der Waals surface area contributed by atoms with E-state index in [1.165, 1.54) is 0 Å². The molecule has 3 aromatic rings. The largest absolute Gasteiger partial charge is 0.324 e. The second-order valence-corrected chi connectivity index (χ2v) is 4.78. The number of carbonyl (C=O) groups is 1. The zero-order valence-electron chi connectivity index (χ0n) is 11.4. The highest BCUT2D eigenvalue weighted by Gasteiger charge is 2.16. The van der Waals surface area contributed by atoms with Gasteiger partial charge in [-0.15, -0.1) is 0 Å². The molecule has 0 aliphatic heterocycles. The van der Waals surface area contributed by atoms with Crippen molar-refractivity contribution < 1.29 is 4.79 Å². The van der Waals surface area contributed by atoms with E-state index in [4.69, 9.17) is 5.73 Å². The maximum Gasteiger partial charge on any atom is 0.245 e. The number of aromatic nitrogens is 1. The Morgan fingerprint density at radius 3 is 2.67 bits per heavy atom. The lowest BCUT2D eigenvalue weighted by Crippen LogP contribution is -2.27. The van der Waals surface area contributed by atoms with Gasteiger partial charge in [-0.1, -0.05) is 42.5 Å². The summed E-state index contributed by atoms with van der Waals surface area (Å²) < 4.78 is 0. The van der Waals surface area contributed by atoms with Crippen LogP contribution in [0.5, 0.6) is 0 Å². The van der Waals surface area contributed by atoms with E-state index in [1.54, 1.807) is 12.4 Å². The number of hydrogen-bond acceptors (Lipinski definition) is 3. The van der Waals surface area contributed by atoms with Crippen LogP contribution >= 0.6 is 0 Å². The summed E-state index contributed by atoms with van der Waals surface area (Å²) >= 11 is 0. The van der Waals surface area contributed by atoms with Crippen molar-refractivity contribution in [3.8, 4) is 0 Å². The SMILES string of the molecule is N[C@H](C(=O)Nc1cccc2ccncc12)c1ccccc1. The number of nitrogens with two attached hydrogens (primary N) is 1. The number of carbonyl (C=O) groups excluding carboxylic acids is 1. The molecule has 1 heterocycles. The molecule has 2 aromatic carbocycles. The number of pyridine rings is 1. The van der Waals surface area contributed by atoms with E-state index in [2.05, 4.69) is 10.3 Å². The minimum absolute atomic E-state index is 0.238. The van der Waals surface area contributed by atoms with Crippen LogP contribution in [0, 0.1) is 0 Å². The van der Waals surface area contributed by atoms with Gasteiger partial charge in [0.15, 0.2) is 0 Å². The predicted molar refractivity (Wildman–Crippen MR) is 83.7 cm³/mol. The average Bonchev–Trinajstić information content (AvgIpc) is 2.55. The Labute approximate surface area is 122 Å². The lowest BCUT2D eigenvalue weighted by molar-refractivity contribution is -0.117. The Morgan fingerprint density at radius 2 is 1.86 bits per heavy atom. The van der Waals surface area contributed by atoms with Crippen molar-refractivity contribution in [3.05, 3.63) is 72.6 Å². The molecule has 0 saturated carbocycles. The molecule has 0 aliphatic carbocycles. The van der Waals surface area contributed by atoms with Crippen molar-refractivity contribution in [1.82, 2.24) is 4.98 Å². The van der Waals surface area contributed by atoms with E-state index in [-0.39, 0.29) is 5.91 Å². The summed E-state index contributed by atoms with van der Waals surface area (Å²) in [6.45, 7) is 0. The Bertz CT molecular complexity index is 766. The first kappa shape index (κ1) is 13.3. The molecule has 0 aliphatic rings. The van der Waals surface area contributed by atoms with Crippen LogP contribution < -0.4 is 11.1 Å². The highest BCUT2D eigenvalue weighted by atomic mass is 16.2. The number of amides is 1. The molecular weight excluding hydrogens is 262 g/mol. The molecule has 0 saturated heterocycles. The quantitative estimate of drug-likeness (QED) is 0.773. The third kappa shape index (κ3) is 2.75. The number of hydrogen-bond donors (Lipinski definition) is 2.